The molecule has 0 saturated heterocycles. The molecule has 1 heterocycles. The Labute approximate surface area is 109 Å². The van der Waals surface area contributed by atoms with Gasteiger partial charge in [0.05, 0.1) is 12.7 Å². The van der Waals surface area contributed by atoms with Gasteiger partial charge in [-0.1, -0.05) is 12.1 Å². The summed E-state index contributed by atoms with van der Waals surface area (Å²) in [5.74, 6) is -0.607. The summed E-state index contributed by atoms with van der Waals surface area (Å²) < 4.78 is 18.4. The molecule has 5 nitrogen and oxygen atoms in total. The van der Waals surface area contributed by atoms with Crippen molar-refractivity contribution in [3.8, 4) is 5.75 Å². The summed E-state index contributed by atoms with van der Waals surface area (Å²) in [6, 6.07) is 6.10. The highest BCUT2D eigenvalue weighted by atomic mass is 19.1. The van der Waals surface area contributed by atoms with Gasteiger partial charge in [0.1, 0.15) is 12.3 Å². The molecule has 1 N–H and O–H groups in total. The quantitative estimate of drug-likeness (QED) is 0.827. The van der Waals surface area contributed by atoms with Crippen LogP contribution in [0.3, 0.4) is 0 Å². The normalized spacial score (nSPS) is 9.95. The molecule has 0 aliphatic carbocycles. The van der Waals surface area contributed by atoms with Gasteiger partial charge in [0.15, 0.2) is 11.6 Å². The van der Waals surface area contributed by atoms with Crippen LogP contribution in [0.4, 0.5) is 4.39 Å². The maximum Gasteiger partial charge on any atom is 0.271 e. The van der Waals surface area contributed by atoms with E-state index in [1.54, 1.807) is 12.1 Å². The van der Waals surface area contributed by atoms with E-state index in [0.29, 0.717) is 0 Å². The fourth-order valence-electron chi connectivity index (χ4n) is 1.39. The van der Waals surface area contributed by atoms with Crippen LogP contribution in [-0.2, 0) is 0 Å². The lowest BCUT2D eigenvalue weighted by Crippen LogP contribution is -2.28. The Hall–Kier alpha value is -2.50. The van der Waals surface area contributed by atoms with Crippen LogP contribution in [0.25, 0.3) is 0 Å². The van der Waals surface area contributed by atoms with E-state index in [1.807, 2.05) is 0 Å². The first kappa shape index (κ1) is 12.9. The molecule has 1 amide bonds. The topological polar surface area (TPSA) is 64.1 Å². The average molecular weight is 261 g/mol. The molecule has 0 unspecified atom stereocenters. The summed E-state index contributed by atoms with van der Waals surface area (Å²) in [7, 11) is 0. The number of rotatable bonds is 5. The van der Waals surface area contributed by atoms with Crippen molar-refractivity contribution in [2.24, 2.45) is 0 Å². The predicted octanol–water partition coefficient (Wildman–Crippen LogP) is 1.42. The Morgan fingerprint density at radius 1 is 1.32 bits per heavy atom. The van der Waals surface area contributed by atoms with Crippen molar-refractivity contribution in [2.75, 3.05) is 13.2 Å². The number of hydrogen-bond acceptors (Lipinski definition) is 4. The average Bonchev–Trinajstić information content (AvgIpc) is 2.46. The molecule has 19 heavy (non-hydrogen) atoms. The van der Waals surface area contributed by atoms with E-state index in [1.165, 1.54) is 30.7 Å². The van der Waals surface area contributed by atoms with Gasteiger partial charge < -0.3 is 10.1 Å². The zero-order chi connectivity index (χ0) is 13.5. The van der Waals surface area contributed by atoms with Crippen molar-refractivity contribution < 1.29 is 13.9 Å². The van der Waals surface area contributed by atoms with Crippen LogP contribution in [0.1, 0.15) is 10.5 Å². The second-order valence-electron chi connectivity index (χ2n) is 3.63. The third kappa shape index (κ3) is 3.74. The minimum Gasteiger partial charge on any atom is -0.489 e. The summed E-state index contributed by atoms with van der Waals surface area (Å²) in [5, 5.41) is 2.60. The molecule has 0 aliphatic rings. The highest BCUT2D eigenvalue weighted by Gasteiger charge is 2.06. The van der Waals surface area contributed by atoms with Crippen LogP contribution in [0.5, 0.6) is 5.75 Å². The van der Waals surface area contributed by atoms with Crippen LogP contribution in [-0.4, -0.2) is 29.0 Å². The molecule has 6 heteroatoms. The number of carbonyl (C=O) groups excluding carboxylic acids is 1. The highest BCUT2D eigenvalue weighted by molar-refractivity contribution is 5.91. The number of hydrogen-bond donors (Lipinski definition) is 1. The molecular weight excluding hydrogens is 249 g/mol. The molecule has 2 rings (SSSR count). The van der Waals surface area contributed by atoms with Crippen molar-refractivity contribution in [2.45, 2.75) is 0 Å². The smallest absolute Gasteiger partial charge is 0.271 e. The van der Waals surface area contributed by atoms with Crippen molar-refractivity contribution in [3.05, 3.63) is 54.4 Å². The second-order valence-corrected chi connectivity index (χ2v) is 3.63. The monoisotopic (exact) mass is 261 g/mol. The van der Waals surface area contributed by atoms with Crippen molar-refractivity contribution in [1.82, 2.24) is 15.3 Å². The fraction of sp³-hybridized carbons (Fsp3) is 0.154. The molecule has 2 aromatic rings. The molecule has 1 aromatic carbocycles. The number of nitrogens with one attached hydrogen (secondary N) is 1. The SMILES string of the molecule is O=C(NCCOc1ccccc1F)c1cnccn1. The summed E-state index contributed by atoms with van der Waals surface area (Å²) in [6.07, 6.45) is 4.29. The maximum absolute atomic E-state index is 13.2. The van der Waals surface area contributed by atoms with Crippen LogP contribution in [0, 0.1) is 5.82 Å². The Morgan fingerprint density at radius 3 is 2.89 bits per heavy atom. The third-order valence-corrected chi connectivity index (χ3v) is 2.28. The van der Waals surface area contributed by atoms with E-state index in [9.17, 15) is 9.18 Å². The Morgan fingerprint density at radius 2 is 2.16 bits per heavy atom. The molecule has 98 valence electrons. The predicted molar refractivity (Wildman–Crippen MR) is 66.3 cm³/mol. The van der Waals surface area contributed by atoms with Gasteiger partial charge in [-0.2, -0.15) is 0 Å². The van der Waals surface area contributed by atoms with Crippen molar-refractivity contribution in [1.29, 1.82) is 0 Å². The zero-order valence-corrected chi connectivity index (χ0v) is 10.0. The number of carbonyl (C=O) groups is 1. The van der Waals surface area contributed by atoms with Crippen LogP contribution in [0.2, 0.25) is 0 Å². The van der Waals surface area contributed by atoms with Crippen LogP contribution in [0.15, 0.2) is 42.9 Å². The minimum absolute atomic E-state index is 0.163. The molecule has 0 fully saturated rings. The summed E-state index contributed by atoms with van der Waals surface area (Å²) in [5.41, 5.74) is 0.230. The standard InChI is InChI=1S/C13H12FN3O2/c14-10-3-1-2-4-12(10)19-8-7-17-13(18)11-9-15-5-6-16-11/h1-6,9H,7-8H2,(H,17,18). The van der Waals surface area contributed by atoms with E-state index in [4.69, 9.17) is 4.74 Å². The second kappa shape index (κ2) is 6.44. The summed E-state index contributed by atoms with van der Waals surface area (Å²) in [6.45, 7) is 0.427. The fourth-order valence-corrected chi connectivity index (χ4v) is 1.39. The van der Waals surface area contributed by atoms with E-state index in [2.05, 4.69) is 15.3 Å². The number of amides is 1. The van der Waals surface area contributed by atoms with Crippen LogP contribution < -0.4 is 10.1 Å². The first-order valence-electron chi connectivity index (χ1n) is 5.69. The number of para-hydroxylation sites is 1. The zero-order valence-electron chi connectivity index (χ0n) is 10.0. The lowest BCUT2D eigenvalue weighted by molar-refractivity contribution is 0.0941. The lowest BCUT2D eigenvalue weighted by Gasteiger charge is -2.07. The first-order valence-corrected chi connectivity index (χ1v) is 5.69. The molecule has 0 radical (unpaired) electrons. The lowest BCUT2D eigenvalue weighted by atomic mass is 10.3. The van der Waals surface area contributed by atoms with Gasteiger partial charge in [0, 0.05) is 12.4 Å². The van der Waals surface area contributed by atoms with Gasteiger partial charge in [0.25, 0.3) is 5.91 Å². The maximum atomic E-state index is 13.2. The summed E-state index contributed by atoms with van der Waals surface area (Å²) >= 11 is 0. The van der Waals surface area contributed by atoms with Crippen molar-refractivity contribution >= 4 is 5.91 Å². The van der Waals surface area contributed by atoms with Gasteiger partial charge >= 0.3 is 0 Å². The number of nitrogens with zero attached hydrogens (tertiary/aromatic N) is 2. The Bertz CT molecular complexity index is 549. The number of halogens is 1. The summed E-state index contributed by atoms with van der Waals surface area (Å²) in [4.78, 5) is 19.2. The Kier molecular flexibility index (Phi) is 4.39. The van der Waals surface area contributed by atoms with Crippen LogP contribution >= 0.6 is 0 Å². The highest BCUT2D eigenvalue weighted by Crippen LogP contribution is 2.14. The molecule has 0 spiro atoms. The van der Waals surface area contributed by atoms with E-state index in [0.717, 1.165) is 0 Å². The van der Waals surface area contributed by atoms with E-state index < -0.39 is 5.82 Å². The molecule has 1 aromatic heterocycles. The molecule has 0 bridgehead atoms. The molecule has 0 aliphatic heterocycles. The number of aromatic nitrogens is 2. The molecular formula is C13H12FN3O2. The number of ether oxygens (including phenoxy) is 1. The van der Waals surface area contributed by atoms with Gasteiger partial charge in [0.2, 0.25) is 0 Å². The van der Waals surface area contributed by atoms with Gasteiger partial charge in [-0.15, -0.1) is 0 Å². The Balaban J connectivity index is 1.76. The number of benzene rings is 1. The van der Waals surface area contributed by atoms with Gasteiger partial charge in [-0.25, -0.2) is 9.37 Å². The van der Waals surface area contributed by atoms with E-state index in [-0.39, 0.29) is 30.5 Å². The first-order chi connectivity index (χ1) is 9.27. The van der Waals surface area contributed by atoms with E-state index >= 15 is 0 Å². The molecule has 0 saturated carbocycles. The third-order valence-electron chi connectivity index (χ3n) is 2.28. The van der Waals surface area contributed by atoms with Gasteiger partial charge in [-0.3, -0.25) is 9.78 Å². The van der Waals surface area contributed by atoms with Crippen molar-refractivity contribution in [3.63, 3.8) is 0 Å². The largest absolute Gasteiger partial charge is 0.489 e. The van der Waals surface area contributed by atoms with Gasteiger partial charge in [-0.05, 0) is 12.1 Å². The minimum atomic E-state index is -0.428. The molecule has 0 atom stereocenters.